The predicted molar refractivity (Wildman–Crippen MR) is 48.2 cm³/mol. The molecule has 0 radical (unpaired) electrons. The number of hydrogen-bond donors (Lipinski definition) is 1. The minimum atomic E-state index is 0.424. The zero-order valence-corrected chi connectivity index (χ0v) is 7.86. The van der Waals surface area contributed by atoms with Crippen LogP contribution in [0, 0.1) is 5.92 Å². The predicted octanol–water partition coefficient (Wildman–Crippen LogP) is 1.08. The molecule has 1 unspecified atom stereocenters. The molecule has 72 valence electrons. The molecule has 1 saturated carbocycles. The number of hydrogen-bond acceptors (Lipinski definition) is 4. The van der Waals surface area contributed by atoms with Gasteiger partial charge >= 0.3 is 0 Å². The van der Waals surface area contributed by atoms with E-state index in [2.05, 4.69) is 17.1 Å². The number of rotatable bonds is 4. The van der Waals surface area contributed by atoms with Gasteiger partial charge in [0.2, 0.25) is 5.89 Å². The van der Waals surface area contributed by atoms with Crippen LogP contribution in [0.4, 0.5) is 0 Å². The van der Waals surface area contributed by atoms with Crippen LogP contribution >= 0.6 is 0 Å². The van der Waals surface area contributed by atoms with Crippen LogP contribution in [0.5, 0.6) is 0 Å². The zero-order chi connectivity index (χ0) is 9.26. The smallest absolute Gasteiger partial charge is 0.226 e. The zero-order valence-electron chi connectivity index (χ0n) is 7.86. The van der Waals surface area contributed by atoms with Crippen LogP contribution in [0.3, 0.4) is 0 Å². The summed E-state index contributed by atoms with van der Waals surface area (Å²) < 4.78 is 5.12. The highest BCUT2D eigenvalue weighted by Crippen LogP contribution is 2.38. The van der Waals surface area contributed by atoms with Crippen LogP contribution < -0.4 is 5.73 Å². The van der Waals surface area contributed by atoms with Gasteiger partial charge in [-0.05, 0) is 25.3 Å². The highest BCUT2D eigenvalue weighted by molar-refractivity contribution is 5.03. The first-order valence-electron chi connectivity index (χ1n) is 4.82. The first-order valence-corrected chi connectivity index (χ1v) is 4.82. The molecule has 0 spiro atoms. The maximum atomic E-state index is 5.51. The summed E-state index contributed by atoms with van der Waals surface area (Å²) in [4.78, 5) is 4.33. The highest BCUT2D eigenvalue weighted by atomic mass is 16.5. The molecule has 0 amide bonds. The van der Waals surface area contributed by atoms with Crippen molar-refractivity contribution in [1.82, 2.24) is 10.1 Å². The Balaban J connectivity index is 1.96. The average molecular weight is 181 g/mol. The molecule has 13 heavy (non-hydrogen) atoms. The maximum Gasteiger partial charge on any atom is 0.226 e. The third-order valence-corrected chi connectivity index (χ3v) is 2.35. The van der Waals surface area contributed by atoms with E-state index in [-0.39, 0.29) is 0 Å². The van der Waals surface area contributed by atoms with E-state index >= 15 is 0 Å². The van der Waals surface area contributed by atoms with Gasteiger partial charge in [-0.3, -0.25) is 0 Å². The van der Waals surface area contributed by atoms with Gasteiger partial charge in [0.05, 0.1) is 0 Å². The molecule has 0 aromatic carbocycles. The summed E-state index contributed by atoms with van der Waals surface area (Å²) in [6.07, 6.45) is 3.23. The van der Waals surface area contributed by atoms with Crippen molar-refractivity contribution in [2.75, 3.05) is 6.54 Å². The van der Waals surface area contributed by atoms with E-state index in [4.69, 9.17) is 10.3 Å². The van der Waals surface area contributed by atoms with E-state index in [9.17, 15) is 0 Å². The lowest BCUT2D eigenvalue weighted by molar-refractivity contribution is 0.355. The van der Waals surface area contributed by atoms with E-state index in [0.29, 0.717) is 18.4 Å². The Bertz CT molecular complexity index is 280. The van der Waals surface area contributed by atoms with Gasteiger partial charge in [-0.15, -0.1) is 0 Å². The minimum absolute atomic E-state index is 0.424. The Kier molecular flexibility index (Phi) is 2.31. The standard InChI is InChI=1S/C9H15N3O/c1-6(5-10)4-8-11-9(12-13-8)7-2-3-7/h6-7H,2-5,10H2,1H3. The van der Waals surface area contributed by atoms with E-state index in [1.54, 1.807) is 0 Å². The van der Waals surface area contributed by atoms with Crippen molar-refractivity contribution in [3.8, 4) is 0 Å². The Morgan fingerprint density at radius 3 is 3.00 bits per heavy atom. The molecule has 0 aliphatic heterocycles. The second-order valence-electron chi connectivity index (χ2n) is 3.87. The van der Waals surface area contributed by atoms with E-state index in [1.807, 2.05) is 0 Å². The Morgan fingerprint density at radius 2 is 2.38 bits per heavy atom. The molecule has 0 saturated heterocycles. The third-order valence-electron chi connectivity index (χ3n) is 2.35. The van der Waals surface area contributed by atoms with Crippen molar-refractivity contribution in [2.45, 2.75) is 32.1 Å². The van der Waals surface area contributed by atoms with Crippen LogP contribution in [-0.4, -0.2) is 16.7 Å². The molecule has 1 fully saturated rings. The fourth-order valence-corrected chi connectivity index (χ4v) is 1.24. The molecular weight excluding hydrogens is 166 g/mol. The first kappa shape index (κ1) is 8.69. The third kappa shape index (κ3) is 2.06. The van der Waals surface area contributed by atoms with Crippen molar-refractivity contribution >= 4 is 0 Å². The topological polar surface area (TPSA) is 64.9 Å². The first-order chi connectivity index (χ1) is 6.29. The summed E-state index contributed by atoms with van der Waals surface area (Å²) in [5, 5.41) is 3.94. The van der Waals surface area contributed by atoms with Crippen LogP contribution in [0.1, 0.15) is 37.4 Å². The van der Waals surface area contributed by atoms with E-state index in [1.165, 1.54) is 12.8 Å². The quantitative estimate of drug-likeness (QED) is 0.755. The van der Waals surface area contributed by atoms with Gasteiger partial charge in [-0.1, -0.05) is 12.1 Å². The maximum absolute atomic E-state index is 5.51. The largest absolute Gasteiger partial charge is 0.339 e. The van der Waals surface area contributed by atoms with Gasteiger partial charge in [-0.2, -0.15) is 4.98 Å². The summed E-state index contributed by atoms with van der Waals surface area (Å²) in [6, 6.07) is 0. The Hall–Kier alpha value is -0.900. The molecule has 1 aromatic heterocycles. The summed E-state index contributed by atoms with van der Waals surface area (Å²) >= 11 is 0. The van der Waals surface area contributed by atoms with Crippen molar-refractivity contribution in [3.05, 3.63) is 11.7 Å². The highest BCUT2D eigenvalue weighted by Gasteiger charge is 2.28. The van der Waals surface area contributed by atoms with Gasteiger partial charge in [0.1, 0.15) is 0 Å². The summed E-state index contributed by atoms with van der Waals surface area (Å²) in [6.45, 7) is 2.75. The molecule has 1 aliphatic carbocycles. The van der Waals surface area contributed by atoms with E-state index in [0.717, 1.165) is 18.1 Å². The van der Waals surface area contributed by atoms with Gasteiger partial charge in [-0.25, -0.2) is 0 Å². The molecule has 1 heterocycles. The Morgan fingerprint density at radius 1 is 1.62 bits per heavy atom. The minimum Gasteiger partial charge on any atom is -0.339 e. The van der Waals surface area contributed by atoms with Crippen molar-refractivity contribution in [2.24, 2.45) is 11.7 Å². The summed E-state index contributed by atoms with van der Waals surface area (Å²) in [5.41, 5.74) is 5.51. The van der Waals surface area contributed by atoms with Crippen molar-refractivity contribution < 1.29 is 4.52 Å². The van der Waals surface area contributed by atoms with Gasteiger partial charge in [0.25, 0.3) is 0 Å². The second kappa shape index (κ2) is 3.46. The fraction of sp³-hybridized carbons (Fsp3) is 0.778. The SMILES string of the molecule is CC(CN)Cc1nc(C2CC2)no1. The molecule has 1 aliphatic rings. The normalized spacial score (nSPS) is 18.9. The number of nitrogens with zero attached hydrogens (tertiary/aromatic N) is 2. The van der Waals surface area contributed by atoms with Crippen LogP contribution in [0.15, 0.2) is 4.52 Å². The van der Waals surface area contributed by atoms with Crippen molar-refractivity contribution in [1.29, 1.82) is 0 Å². The molecular formula is C9H15N3O. The monoisotopic (exact) mass is 181 g/mol. The van der Waals surface area contributed by atoms with Crippen LogP contribution in [0.2, 0.25) is 0 Å². The Labute approximate surface area is 77.5 Å². The number of aromatic nitrogens is 2. The lowest BCUT2D eigenvalue weighted by Crippen LogP contribution is -2.13. The van der Waals surface area contributed by atoms with Gasteiger partial charge in [0.15, 0.2) is 5.82 Å². The average Bonchev–Trinajstić information content (AvgIpc) is 2.88. The lowest BCUT2D eigenvalue weighted by atomic mass is 10.1. The molecule has 2 N–H and O–H groups in total. The molecule has 2 rings (SSSR count). The molecule has 1 atom stereocenters. The van der Waals surface area contributed by atoms with E-state index < -0.39 is 0 Å². The van der Waals surface area contributed by atoms with Gasteiger partial charge < -0.3 is 10.3 Å². The molecule has 0 bridgehead atoms. The number of nitrogens with two attached hydrogens (primary N) is 1. The second-order valence-corrected chi connectivity index (χ2v) is 3.87. The van der Waals surface area contributed by atoms with Crippen LogP contribution in [0.25, 0.3) is 0 Å². The summed E-state index contributed by atoms with van der Waals surface area (Å²) in [7, 11) is 0. The molecule has 4 heteroatoms. The van der Waals surface area contributed by atoms with Crippen molar-refractivity contribution in [3.63, 3.8) is 0 Å². The lowest BCUT2D eigenvalue weighted by Gasteiger charge is -2.01. The van der Waals surface area contributed by atoms with Crippen LogP contribution in [-0.2, 0) is 6.42 Å². The fourth-order valence-electron chi connectivity index (χ4n) is 1.24. The van der Waals surface area contributed by atoms with Gasteiger partial charge in [0, 0.05) is 12.3 Å². The summed E-state index contributed by atoms with van der Waals surface area (Å²) in [5.74, 6) is 2.62. The molecule has 1 aromatic rings. The molecule has 4 nitrogen and oxygen atoms in total.